The summed E-state index contributed by atoms with van der Waals surface area (Å²) in [6.07, 6.45) is -0.943. The second-order valence-corrected chi connectivity index (χ2v) is 1.35. The zero-order valence-electron chi connectivity index (χ0n) is 3.19. The van der Waals surface area contributed by atoms with Crippen molar-refractivity contribution in [3.63, 3.8) is 0 Å². The van der Waals surface area contributed by atoms with Crippen LogP contribution in [0.25, 0.3) is 0 Å². The van der Waals surface area contributed by atoms with Gasteiger partial charge in [-0.1, -0.05) is 0 Å². The molecule has 0 saturated carbocycles. The van der Waals surface area contributed by atoms with Gasteiger partial charge in [-0.3, -0.25) is 0 Å². The summed E-state index contributed by atoms with van der Waals surface area (Å²) in [6, 6.07) is 0. The summed E-state index contributed by atoms with van der Waals surface area (Å²) in [6.45, 7) is 0.265. The fraction of sp³-hybridized carbons (Fsp3) is 1.00. The first-order chi connectivity index (χ1) is 2.80. The molecule has 1 rings (SSSR count). The molecule has 0 N–H and O–H groups in total. The van der Waals surface area contributed by atoms with Gasteiger partial charge in [0.1, 0.15) is 0 Å². The van der Waals surface area contributed by atoms with Crippen molar-refractivity contribution in [1.29, 1.82) is 0 Å². The highest BCUT2D eigenvalue weighted by Gasteiger charge is 2.26. The summed E-state index contributed by atoms with van der Waals surface area (Å²) >= 11 is 0. The second kappa shape index (κ2) is 1.15. The molecule has 3 heteroatoms. The van der Waals surface area contributed by atoms with Crippen molar-refractivity contribution in [2.24, 2.45) is 0 Å². The van der Waals surface area contributed by atoms with Crippen LogP contribution >= 0.6 is 0 Å². The third-order valence-corrected chi connectivity index (χ3v) is 0.885. The predicted molar refractivity (Wildman–Crippen MR) is 17.3 cm³/mol. The van der Waals surface area contributed by atoms with Crippen LogP contribution in [0.5, 0.6) is 0 Å². The molecule has 1 saturated heterocycles. The molecule has 0 bridgehead atoms. The highest BCUT2D eigenvalue weighted by molar-refractivity contribution is 4.63. The van der Waals surface area contributed by atoms with Gasteiger partial charge in [0, 0.05) is 13.0 Å². The molecule has 0 aromatic heterocycles. The van der Waals surface area contributed by atoms with Crippen LogP contribution in [-0.2, 0) is 0 Å². The maximum Gasteiger partial charge on any atom is 0.181 e. The number of nitrogens with zero attached hydrogens (tertiary/aromatic N) is 1. The van der Waals surface area contributed by atoms with Crippen LogP contribution in [0.15, 0.2) is 0 Å². The molecule has 1 heterocycles. The van der Waals surface area contributed by atoms with E-state index >= 15 is 0 Å². The van der Waals surface area contributed by atoms with Gasteiger partial charge in [-0.2, -0.15) is 0 Å². The molecule has 6 heavy (non-hydrogen) atoms. The van der Waals surface area contributed by atoms with Gasteiger partial charge in [0.25, 0.3) is 0 Å². The summed E-state index contributed by atoms with van der Waals surface area (Å²) in [5, 5.41) is 0.181. The zero-order valence-corrected chi connectivity index (χ0v) is 3.19. The molecule has 0 aromatic carbocycles. The highest BCUT2D eigenvalue weighted by Crippen LogP contribution is 2.16. The Hall–Kier alpha value is -0.180. The standard InChI is InChI=1S/C3H5F2N/c4-3-1-2-6(3)5/h3H,1-2H2. The molecule has 0 amide bonds. The van der Waals surface area contributed by atoms with E-state index in [1.54, 1.807) is 0 Å². The first-order valence-electron chi connectivity index (χ1n) is 1.87. The Bertz CT molecular complexity index is 48.8. The number of halogens is 2. The molecule has 0 aromatic rings. The first kappa shape index (κ1) is 3.99. The summed E-state index contributed by atoms with van der Waals surface area (Å²) in [4.78, 5) is 0. The van der Waals surface area contributed by atoms with E-state index in [1.807, 2.05) is 0 Å². The van der Waals surface area contributed by atoms with E-state index < -0.39 is 6.30 Å². The van der Waals surface area contributed by atoms with E-state index in [0.29, 0.717) is 6.42 Å². The number of hydrogen-bond acceptors (Lipinski definition) is 1. The molecule has 0 aliphatic carbocycles. The van der Waals surface area contributed by atoms with Crippen molar-refractivity contribution < 1.29 is 8.87 Å². The predicted octanol–water partition coefficient (Wildman–Crippen LogP) is 0.872. The average molecular weight is 93.1 g/mol. The minimum atomic E-state index is -1.30. The molecular weight excluding hydrogens is 88.0 g/mol. The first-order valence-corrected chi connectivity index (χ1v) is 1.87. The highest BCUT2D eigenvalue weighted by atomic mass is 19.2. The van der Waals surface area contributed by atoms with E-state index in [4.69, 9.17) is 0 Å². The van der Waals surface area contributed by atoms with Gasteiger partial charge < -0.3 is 0 Å². The van der Waals surface area contributed by atoms with Crippen molar-refractivity contribution in [3.8, 4) is 0 Å². The van der Waals surface area contributed by atoms with Crippen molar-refractivity contribution >= 4 is 0 Å². The third kappa shape index (κ3) is 0.391. The SMILES string of the molecule is FC1CCN1F. The lowest BCUT2D eigenvalue weighted by Crippen LogP contribution is -2.37. The van der Waals surface area contributed by atoms with Crippen LogP contribution in [-0.4, -0.2) is 18.0 Å². The van der Waals surface area contributed by atoms with Gasteiger partial charge in [-0.05, 0) is 0 Å². The molecule has 1 aliphatic heterocycles. The smallest absolute Gasteiger partial charge is 0.181 e. The Kier molecular flexibility index (Phi) is 0.765. The van der Waals surface area contributed by atoms with E-state index in [-0.39, 0.29) is 11.7 Å². The monoisotopic (exact) mass is 93.0 g/mol. The average Bonchev–Trinajstić information content (AvgIpc) is 1.61. The summed E-state index contributed by atoms with van der Waals surface area (Å²) in [5.41, 5.74) is 0. The quantitative estimate of drug-likeness (QED) is 0.317. The minimum Gasteiger partial charge on any atom is -0.228 e. The van der Waals surface area contributed by atoms with Gasteiger partial charge in [0.05, 0.1) is 0 Å². The lowest BCUT2D eigenvalue weighted by atomic mass is 10.3. The maximum absolute atomic E-state index is 11.5. The van der Waals surface area contributed by atoms with Crippen molar-refractivity contribution in [1.82, 2.24) is 5.12 Å². The van der Waals surface area contributed by atoms with Gasteiger partial charge in [-0.15, -0.1) is 9.60 Å². The molecule has 36 valence electrons. The van der Waals surface area contributed by atoms with Crippen LogP contribution in [0.1, 0.15) is 6.42 Å². The summed E-state index contributed by atoms with van der Waals surface area (Å²) in [7, 11) is 0. The normalized spacial score (nSPS) is 36.0. The number of hydrogen-bond donors (Lipinski definition) is 0. The Morgan fingerprint density at radius 3 is 2.17 bits per heavy atom. The Labute approximate surface area is 34.5 Å². The fourth-order valence-electron chi connectivity index (χ4n) is 0.324. The zero-order chi connectivity index (χ0) is 4.57. The van der Waals surface area contributed by atoms with Crippen molar-refractivity contribution in [3.05, 3.63) is 0 Å². The number of rotatable bonds is 0. The van der Waals surface area contributed by atoms with Crippen molar-refractivity contribution in [2.45, 2.75) is 12.7 Å². The molecule has 0 radical (unpaired) electrons. The second-order valence-electron chi connectivity index (χ2n) is 1.35. The molecule has 0 spiro atoms. The van der Waals surface area contributed by atoms with Crippen LogP contribution in [0, 0.1) is 0 Å². The van der Waals surface area contributed by atoms with Crippen LogP contribution in [0.4, 0.5) is 8.87 Å². The number of alkyl halides is 1. The van der Waals surface area contributed by atoms with E-state index in [0.717, 1.165) is 0 Å². The van der Waals surface area contributed by atoms with Crippen LogP contribution < -0.4 is 0 Å². The van der Waals surface area contributed by atoms with E-state index in [2.05, 4.69) is 0 Å². The molecule has 1 nitrogen and oxygen atoms in total. The summed E-state index contributed by atoms with van der Waals surface area (Å²) < 4.78 is 22.8. The third-order valence-electron chi connectivity index (χ3n) is 0.885. The molecule has 1 aliphatic rings. The Morgan fingerprint density at radius 1 is 1.67 bits per heavy atom. The molecular formula is C3H5F2N. The van der Waals surface area contributed by atoms with Gasteiger partial charge >= 0.3 is 0 Å². The van der Waals surface area contributed by atoms with Crippen LogP contribution in [0.2, 0.25) is 0 Å². The molecule has 1 atom stereocenters. The fourth-order valence-corrected chi connectivity index (χ4v) is 0.324. The van der Waals surface area contributed by atoms with E-state index in [1.165, 1.54) is 0 Å². The lowest BCUT2D eigenvalue weighted by Gasteiger charge is -2.24. The summed E-state index contributed by atoms with van der Waals surface area (Å²) in [5.74, 6) is 0. The molecule has 1 unspecified atom stereocenters. The lowest BCUT2D eigenvalue weighted by molar-refractivity contribution is -0.149. The topological polar surface area (TPSA) is 3.24 Å². The maximum atomic E-state index is 11.5. The minimum absolute atomic E-state index is 0.181. The van der Waals surface area contributed by atoms with E-state index in [9.17, 15) is 8.87 Å². The van der Waals surface area contributed by atoms with Gasteiger partial charge in [-0.25, -0.2) is 4.39 Å². The van der Waals surface area contributed by atoms with Gasteiger partial charge in [0.15, 0.2) is 6.30 Å². The Balaban J connectivity index is 2.20. The Morgan fingerprint density at radius 2 is 2.17 bits per heavy atom. The van der Waals surface area contributed by atoms with Crippen LogP contribution in [0.3, 0.4) is 0 Å². The largest absolute Gasteiger partial charge is 0.228 e. The van der Waals surface area contributed by atoms with Crippen molar-refractivity contribution in [2.75, 3.05) is 6.54 Å². The van der Waals surface area contributed by atoms with Gasteiger partial charge in [0.2, 0.25) is 0 Å². The molecule has 1 fully saturated rings.